The lowest BCUT2D eigenvalue weighted by Crippen LogP contribution is -2.19. The predicted octanol–water partition coefficient (Wildman–Crippen LogP) is 1.09. The molecule has 0 aliphatic heterocycles. The summed E-state index contributed by atoms with van der Waals surface area (Å²) in [5, 5.41) is 5.55. The van der Waals surface area contributed by atoms with Crippen LogP contribution in [-0.4, -0.2) is 10.2 Å². The maximum Gasteiger partial charge on any atom is 0.270 e. The van der Waals surface area contributed by atoms with Crippen LogP contribution in [0.25, 0.3) is 10.8 Å². The van der Waals surface area contributed by atoms with E-state index in [9.17, 15) is 9.59 Å². The largest absolute Gasteiger partial charge is 0.270 e. The highest BCUT2D eigenvalue weighted by molar-refractivity contribution is 5.82. The van der Waals surface area contributed by atoms with Gasteiger partial charge in [0.2, 0.25) is 0 Å². The number of aromatic amines is 2. The number of fused-ring (bicyclic) bond motifs is 1. The summed E-state index contributed by atoms with van der Waals surface area (Å²) in [6.07, 6.45) is 0.855. The molecule has 0 saturated carbocycles. The zero-order chi connectivity index (χ0) is 11.0. The Hall–Kier alpha value is -1.84. The van der Waals surface area contributed by atoms with Crippen LogP contribution >= 0.6 is 0 Å². The van der Waals surface area contributed by atoms with Gasteiger partial charge in [0, 0.05) is 0 Å². The molecule has 0 fully saturated rings. The Morgan fingerprint density at radius 2 is 1.60 bits per heavy atom. The van der Waals surface area contributed by atoms with E-state index < -0.39 is 0 Å². The average molecular weight is 204 g/mol. The van der Waals surface area contributed by atoms with Crippen molar-refractivity contribution >= 4 is 10.8 Å². The van der Waals surface area contributed by atoms with Crippen molar-refractivity contribution in [1.82, 2.24) is 10.2 Å². The van der Waals surface area contributed by atoms with Crippen molar-refractivity contribution in [2.75, 3.05) is 0 Å². The monoisotopic (exact) mass is 204 g/mol. The molecule has 0 bridgehead atoms. The first-order valence-corrected chi connectivity index (χ1v) is 4.87. The number of aryl methyl sites for hydroxylation is 2. The maximum absolute atomic E-state index is 11.5. The van der Waals surface area contributed by atoms with Crippen LogP contribution in [0, 0.1) is 6.92 Å². The first-order valence-electron chi connectivity index (χ1n) is 4.87. The Bertz CT molecular complexity index is 623. The lowest BCUT2D eigenvalue weighted by atomic mass is 10.0. The van der Waals surface area contributed by atoms with Gasteiger partial charge in [0.25, 0.3) is 11.1 Å². The van der Waals surface area contributed by atoms with Crippen LogP contribution in [0.1, 0.15) is 18.1 Å². The van der Waals surface area contributed by atoms with E-state index in [1.54, 1.807) is 12.1 Å². The van der Waals surface area contributed by atoms with Gasteiger partial charge in [0.05, 0.1) is 10.8 Å². The molecule has 0 saturated heterocycles. The van der Waals surface area contributed by atoms with Crippen LogP contribution in [0.2, 0.25) is 0 Å². The second kappa shape index (κ2) is 3.38. The summed E-state index contributed by atoms with van der Waals surface area (Å²) < 4.78 is 0. The molecule has 2 rings (SSSR count). The van der Waals surface area contributed by atoms with Crippen molar-refractivity contribution in [1.29, 1.82) is 0 Å². The van der Waals surface area contributed by atoms with Gasteiger partial charge in [-0.2, -0.15) is 0 Å². The molecule has 0 radical (unpaired) electrons. The average Bonchev–Trinajstić information content (AvgIpc) is 2.23. The quantitative estimate of drug-likeness (QED) is 0.730. The van der Waals surface area contributed by atoms with Gasteiger partial charge in [0.15, 0.2) is 0 Å². The highest BCUT2D eigenvalue weighted by atomic mass is 16.1. The molecule has 0 atom stereocenters. The zero-order valence-electron chi connectivity index (χ0n) is 8.68. The third-order valence-electron chi connectivity index (χ3n) is 2.64. The summed E-state index contributed by atoms with van der Waals surface area (Å²) in [6, 6.07) is 3.56. The van der Waals surface area contributed by atoms with Crippen LogP contribution in [0.5, 0.6) is 0 Å². The van der Waals surface area contributed by atoms with Gasteiger partial charge >= 0.3 is 0 Å². The number of benzene rings is 1. The standard InChI is InChI=1S/C11H12N2O2/c1-3-7-5-9-8(4-6(7)2)10(14)12-13-11(9)15/h4-5H,3H2,1-2H3,(H,12,14)(H,13,15). The van der Waals surface area contributed by atoms with Crippen molar-refractivity contribution in [2.45, 2.75) is 20.3 Å². The number of hydrogen-bond acceptors (Lipinski definition) is 2. The fraction of sp³-hybridized carbons (Fsp3) is 0.273. The molecule has 2 aromatic rings. The highest BCUT2D eigenvalue weighted by Gasteiger charge is 2.05. The number of H-pyrrole nitrogens is 2. The molecule has 0 aliphatic carbocycles. The molecule has 0 spiro atoms. The predicted molar refractivity (Wildman–Crippen MR) is 59.3 cm³/mol. The third-order valence-corrected chi connectivity index (χ3v) is 2.64. The van der Waals surface area contributed by atoms with Crippen LogP contribution in [-0.2, 0) is 6.42 Å². The van der Waals surface area contributed by atoms with E-state index in [2.05, 4.69) is 10.2 Å². The Morgan fingerprint density at radius 3 is 2.13 bits per heavy atom. The summed E-state index contributed by atoms with van der Waals surface area (Å²) in [7, 11) is 0. The van der Waals surface area contributed by atoms with Crippen LogP contribution < -0.4 is 11.1 Å². The summed E-state index contributed by atoms with van der Waals surface area (Å²) in [5.41, 5.74) is 1.63. The van der Waals surface area contributed by atoms with Gasteiger partial charge in [0.1, 0.15) is 0 Å². The normalized spacial score (nSPS) is 10.8. The van der Waals surface area contributed by atoms with E-state index in [-0.39, 0.29) is 11.1 Å². The van der Waals surface area contributed by atoms with Crippen molar-refractivity contribution in [3.05, 3.63) is 44.0 Å². The fourth-order valence-corrected chi connectivity index (χ4v) is 1.76. The van der Waals surface area contributed by atoms with Crippen molar-refractivity contribution < 1.29 is 0 Å². The van der Waals surface area contributed by atoms with E-state index in [1.165, 1.54) is 0 Å². The fourth-order valence-electron chi connectivity index (χ4n) is 1.76. The Labute approximate surface area is 85.9 Å². The Kier molecular flexibility index (Phi) is 2.19. The number of hydrogen-bond donors (Lipinski definition) is 2. The minimum absolute atomic E-state index is 0.251. The maximum atomic E-state index is 11.5. The molecular weight excluding hydrogens is 192 g/mol. The lowest BCUT2D eigenvalue weighted by molar-refractivity contribution is 0.974. The molecule has 15 heavy (non-hydrogen) atoms. The summed E-state index contributed by atoms with van der Waals surface area (Å²) in [6.45, 7) is 3.97. The van der Waals surface area contributed by atoms with Crippen molar-refractivity contribution in [3.63, 3.8) is 0 Å². The van der Waals surface area contributed by atoms with E-state index >= 15 is 0 Å². The highest BCUT2D eigenvalue weighted by Crippen LogP contribution is 2.14. The van der Waals surface area contributed by atoms with Gasteiger partial charge in [-0.3, -0.25) is 19.8 Å². The van der Waals surface area contributed by atoms with Gasteiger partial charge < -0.3 is 0 Å². The molecule has 4 nitrogen and oxygen atoms in total. The van der Waals surface area contributed by atoms with E-state index in [1.807, 2.05) is 13.8 Å². The molecule has 0 amide bonds. The molecular formula is C11H12N2O2. The Balaban J connectivity index is 2.99. The first kappa shape index (κ1) is 9.71. The second-order valence-electron chi connectivity index (χ2n) is 3.59. The SMILES string of the molecule is CCc1cc2c(=O)[nH][nH]c(=O)c2cc1C. The topological polar surface area (TPSA) is 65.7 Å². The molecule has 1 aromatic heterocycles. The number of aromatic nitrogens is 2. The van der Waals surface area contributed by atoms with Crippen molar-refractivity contribution in [3.8, 4) is 0 Å². The first-order chi connectivity index (χ1) is 7.13. The van der Waals surface area contributed by atoms with Gasteiger partial charge in [-0.1, -0.05) is 6.92 Å². The molecule has 2 N–H and O–H groups in total. The van der Waals surface area contributed by atoms with Gasteiger partial charge in [-0.15, -0.1) is 0 Å². The zero-order valence-corrected chi connectivity index (χ0v) is 8.68. The van der Waals surface area contributed by atoms with E-state index in [0.717, 1.165) is 17.5 Å². The minimum atomic E-state index is -0.254. The van der Waals surface area contributed by atoms with Crippen LogP contribution in [0.4, 0.5) is 0 Å². The van der Waals surface area contributed by atoms with Gasteiger partial charge in [-0.25, -0.2) is 0 Å². The van der Waals surface area contributed by atoms with Gasteiger partial charge in [-0.05, 0) is 36.6 Å². The molecule has 0 aliphatic rings. The summed E-state index contributed by atoms with van der Waals surface area (Å²) in [4.78, 5) is 22.9. The summed E-state index contributed by atoms with van der Waals surface area (Å²) >= 11 is 0. The van der Waals surface area contributed by atoms with Crippen molar-refractivity contribution in [2.24, 2.45) is 0 Å². The number of rotatable bonds is 1. The number of nitrogens with one attached hydrogen (secondary N) is 2. The molecule has 78 valence electrons. The third kappa shape index (κ3) is 1.48. The van der Waals surface area contributed by atoms with E-state index in [4.69, 9.17) is 0 Å². The smallest absolute Gasteiger partial charge is 0.267 e. The summed E-state index contributed by atoms with van der Waals surface area (Å²) in [5.74, 6) is 0. The Morgan fingerprint density at radius 1 is 1.07 bits per heavy atom. The molecule has 0 unspecified atom stereocenters. The molecule has 4 heteroatoms. The molecule has 1 heterocycles. The lowest BCUT2D eigenvalue weighted by Gasteiger charge is -2.04. The van der Waals surface area contributed by atoms with Crippen LogP contribution in [0.15, 0.2) is 21.7 Å². The van der Waals surface area contributed by atoms with Crippen LogP contribution in [0.3, 0.4) is 0 Å². The minimum Gasteiger partial charge on any atom is -0.267 e. The molecule has 1 aromatic carbocycles. The second-order valence-corrected chi connectivity index (χ2v) is 3.59. The van der Waals surface area contributed by atoms with E-state index in [0.29, 0.717) is 10.8 Å².